The third kappa shape index (κ3) is 4.29. The number of rotatable bonds is 5. The molecule has 1 N–H and O–H groups in total. The molecule has 0 aliphatic rings. The second-order valence-electron chi connectivity index (χ2n) is 6.73. The van der Waals surface area contributed by atoms with Crippen molar-refractivity contribution in [2.75, 3.05) is 5.32 Å². The second kappa shape index (κ2) is 8.37. The van der Waals surface area contributed by atoms with E-state index in [-0.39, 0.29) is 17.2 Å². The Kier molecular flexibility index (Phi) is 5.46. The third-order valence-electron chi connectivity index (χ3n) is 4.56. The second-order valence-corrected chi connectivity index (χ2v) is 7.14. The van der Waals surface area contributed by atoms with Gasteiger partial charge in [-0.05, 0) is 30.7 Å². The monoisotopic (exact) mass is 433 g/mol. The van der Waals surface area contributed by atoms with E-state index in [2.05, 4.69) is 15.4 Å². The Morgan fingerprint density at radius 1 is 1.06 bits per heavy atom. The summed E-state index contributed by atoms with van der Waals surface area (Å²) in [4.78, 5) is 27.7. The Bertz CT molecular complexity index is 1290. The van der Waals surface area contributed by atoms with Crippen molar-refractivity contribution in [2.24, 2.45) is 0 Å². The van der Waals surface area contributed by atoms with Crippen LogP contribution in [0.25, 0.3) is 17.1 Å². The molecule has 4 aromatic rings. The average Bonchev–Trinajstić information content (AvgIpc) is 3.22. The van der Waals surface area contributed by atoms with Gasteiger partial charge in [0.25, 0.3) is 11.6 Å². The number of benzene rings is 3. The molecule has 4 rings (SSSR count). The van der Waals surface area contributed by atoms with E-state index in [9.17, 15) is 14.9 Å². The number of carbonyl (C=O) groups is 1. The van der Waals surface area contributed by atoms with Gasteiger partial charge in [-0.25, -0.2) is 9.67 Å². The van der Waals surface area contributed by atoms with Crippen LogP contribution in [0.15, 0.2) is 72.8 Å². The van der Waals surface area contributed by atoms with Crippen LogP contribution in [-0.4, -0.2) is 25.6 Å². The van der Waals surface area contributed by atoms with Crippen LogP contribution in [-0.2, 0) is 0 Å². The van der Waals surface area contributed by atoms with Crippen molar-refractivity contribution in [1.29, 1.82) is 0 Å². The van der Waals surface area contributed by atoms with E-state index in [0.29, 0.717) is 16.5 Å². The van der Waals surface area contributed by atoms with Crippen molar-refractivity contribution in [3.8, 4) is 17.1 Å². The highest BCUT2D eigenvalue weighted by molar-refractivity contribution is 6.31. The first-order valence-electron chi connectivity index (χ1n) is 9.27. The van der Waals surface area contributed by atoms with Gasteiger partial charge in [-0.3, -0.25) is 14.9 Å². The molecule has 0 aliphatic carbocycles. The molecule has 0 bridgehead atoms. The van der Waals surface area contributed by atoms with E-state index in [1.165, 1.54) is 18.2 Å². The molecule has 9 heteroatoms. The van der Waals surface area contributed by atoms with Gasteiger partial charge in [-0.2, -0.15) is 0 Å². The highest BCUT2D eigenvalue weighted by Gasteiger charge is 2.20. The first kappa shape index (κ1) is 20.2. The number of hydrogen-bond acceptors (Lipinski definition) is 5. The molecule has 154 valence electrons. The average molecular weight is 434 g/mol. The van der Waals surface area contributed by atoms with Gasteiger partial charge in [0.1, 0.15) is 0 Å². The summed E-state index contributed by atoms with van der Waals surface area (Å²) in [5.74, 6) is -0.207. The molecule has 8 nitrogen and oxygen atoms in total. The molecular weight excluding hydrogens is 418 g/mol. The van der Waals surface area contributed by atoms with Crippen LogP contribution >= 0.6 is 11.6 Å². The van der Waals surface area contributed by atoms with Gasteiger partial charge in [-0.1, -0.05) is 54.1 Å². The number of nitrogens with zero attached hydrogens (tertiary/aromatic N) is 4. The normalized spacial score (nSPS) is 10.6. The molecule has 1 heterocycles. The first-order valence-corrected chi connectivity index (χ1v) is 9.65. The minimum Gasteiger partial charge on any atom is -0.319 e. The molecule has 0 unspecified atom stereocenters. The molecule has 0 fully saturated rings. The molecule has 0 saturated heterocycles. The number of nitrogens with one attached hydrogen (secondary N) is 1. The van der Waals surface area contributed by atoms with Gasteiger partial charge in [0, 0.05) is 28.4 Å². The minimum atomic E-state index is -0.588. The van der Waals surface area contributed by atoms with Gasteiger partial charge in [0.2, 0.25) is 5.82 Å². The molecule has 0 atom stereocenters. The van der Waals surface area contributed by atoms with Crippen LogP contribution in [0, 0.1) is 17.0 Å². The summed E-state index contributed by atoms with van der Waals surface area (Å²) in [5.41, 5.74) is 2.47. The van der Waals surface area contributed by atoms with E-state index in [1.807, 2.05) is 49.4 Å². The molecule has 3 aromatic carbocycles. The number of nitro groups is 1. The van der Waals surface area contributed by atoms with E-state index in [1.54, 1.807) is 16.8 Å². The molecule has 0 radical (unpaired) electrons. The van der Waals surface area contributed by atoms with E-state index in [0.717, 1.165) is 11.1 Å². The largest absolute Gasteiger partial charge is 0.319 e. The van der Waals surface area contributed by atoms with Crippen molar-refractivity contribution < 1.29 is 9.72 Å². The topological polar surface area (TPSA) is 103 Å². The number of halogens is 1. The van der Waals surface area contributed by atoms with Crippen LogP contribution in [0.4, 0.5) is 11.4 Å². The lowest BCUT2D eigenvalue weighted by molar-refractivity contribution is -0.384. The van der Waals surface area contributed by atoms with Crippen LogP contribution < -0.4 is 5.32 Å². The van der Waals surface area contributed by atoms with E-state index in [4.69, 9.17) is 11.6 Å². The van der Waals surface area contributed by atoms with Gasteiger partial charge in [0.05, 0.1) is 10.6 Å². The van der Waals surface area contributed by atoms with Crippen molar-refractivity contribution in [1.82, 2.24) is 14.8 Å². The molecular formula is C22H16ClN5O3. The lowest BCUT2D eigenvalue weighted by atomic mass is 10.2. The van der Waals surface area contributed by atoms with Crippen LogP contribution in [0.3, 0.4) is 0 Å². The van der Waals surface area contributed by atoms with E-state index >= 15 is 0 Å². The maximum atomic E-state index is 12.8. The standard InChI is InChI=1S/C22H16ClN5O3/c1-14-10-11-17(13-19(14)23)27-21(15-6-3-2-4-7-15)25-20(26-27)22(29)24-16-8-5-9-18(12-16)28(30)31/h2-13H,1H3,(H,24,29). The van der Waals surface area contributed by atoms with Crippen molar-refractivity contribution in [3.63, 3.8) is 0 Å². The van der Waals surface area contributed by atoms with Crippen LogP contribution in [0.1, 0.15) is 16.2 Å². The zero-order chi connectivity index (χ0) is 22.0. The van der Waals surface area contributed by atoms with Gasteiger partial charge in [-0.15, -0.1) is 5.10 Å². The van der Waals surface area contributed by atoms with Gasteiger partial charge < -0.3 is 5.32 Å². The maximum Gasteiger partial charge on any atom is 0.295 e. The Balaban J connectivity index is 1.74. The number of hydrogen-bond donors (Lipinski definition) is 1. The summed E-state index contributed by atoms with van der Waals surface area (Å²) in [7, 11) is 0. The maximum absolute atomic E-state index is 12.8. The molecule has 1 amide bonds. The predicted octanol–water partition coefficient (Wildman–Crippen LogP) is 5.06. The fourth-order valence-corrected chi connectivity index (χ4v) is 3.13. The lowest BCUT2D eigenvalue weighted by Crippen LogP contribution is -2.14. The predicted molar refractivity (Wildman–Crippen MR) is 118 cm³/mol. The van der Waals surface area contributed by atoms with Crippen molar-refractivity contribution >= 4 is 28.9 Å². The van der Waals surface area contributed by atoms with Crippen molar-refractivity contribution in [2.45, 2.75) is 6.92 Å². The number of aromatic nitrogens is 3. The highest BCUT2D eigenvalue weighted by atomic mass is 35.5. The number of carbonyl (C=O) groups excluding carboxylic acids is 1. The Morgan fingerprint density at radius 2 is 1.84 bits per heavy atom. The summed E-state index contributed by atoms with van der Waals surface area (Å²) in [6.45, 7) is 1.89. The zero-order valence-electron chi connectivity index (χ0n) is 16.3. The molecule has 31 heavy (non-hydrogen) atoms. The van der Waals surface area contributed by atoms with Crippen LogP contribution in [0.5, 0.6) is 0 Å². The molecule has 0 saturated carbocycles. The molecule has 1 aromatic heterocycles. The summed E-state index contributed by atoms with van der Waals surface area (Å²) in [5, 5.41) is 18.5. The number of aryl methyl sites for hydroxylation is 1. The fourth-order valence-electron chi connectivity index (χ4n) is 2.96. The number of non-ortho nitro benzene ring substituents is 1. The Morgan fingerprint density at radius 3 is 2.55 bits per heavy atom. The zero-order valence-corrected chi connectivity index (χ0v) is 17.1. The highest BCUT2D eigenvalue weighted by Crippen LogP contribution is 2.25. The number of nitro benzene ring substituents is 1. The number of anilines is 1. The van der Waals surface area contributed by atoms with Gasteiger partial charge in [0.15, 0.2) is 5.82 Å². The van der Waals surface area contributed by atoms with Gasteiger partial charge >= 0.3 is 0 Å². The first-order chi connectivity index (χ1) is 14.9. The molecule has 0 aliphatic heterocycles. The summed E-state index contributed by atoms with van der Waals surface area (Å²) >= 11 is 6.28. The lowest BCUT2D eigenvalue weighted by Gasteiger charge is -2.07. The van der Waals surface area contributed by atoms with E-state index < -0.39 is 10.8 Å². The van der Waals surface area contributed by atoms with Crippen LogP contribution in [0.2, 0.25) is 5.02 Å². The minimum absolute atomic E-state index is 0.0814. The van der Waals surface area contributed by atoms with Crippen molar-refractivity contribution in [3.05, 3.63) is 99.3 Å². The SMILES string of the molecule is Cc1ccc(-n2nc(C(=O)Nc3cccc([N+](=O)[O-])c3)nc2-c2ccccc2)cc1Cl. The Hall–Kier alpha value is -4.04. The summed E-state index contributed by atoms with van der Waals surface area (Å²) in [6.07, 6.45) is 0. The fraction of sp³-hybridized carbons (Fsp3) is 0.0455. The third-order valence-corrected chi connectivity index (χ3v) is 4.96. The number of amides is 1. The summed E-state index contributed by atoms with van der Waals surface area (Å²) < 4.78 is 1.54. The quantitative estimate of drug-likeness (QED) is 0.350. The molecule has 0 spiro atoms. The Labute approximate surface area is 182 Å². The smallest absolute Gasteiger partial charge is 0.295 e. The summed E-state index contributed by atoms with van der Waals surface area (Å²) in [6, 6.07) is 20.4.